The van der Waals surface area contributed by atoms with Crippen LogP contribution in [0.1, 0.15) is 48.7 Å². The van der Waals surface area contributed by atoms with Gasteiger partial charge in [-0.2, -0.15) is 5.10 Å². The zero-order valence-electron chi connectivity index (χ0n) is 17.5. The molecule has 2 N–H and O–H groups in total. The van der Waals surface area contributed by atoms with E-state index < -0.39 is 17.0 Å². The van der Waals surface area contributed by atoms with Gasteiger partial charge in [0.05, 0.1) is 12.2 Å². The quantitative estimate of drug-likeness (QED) is 0.629. The van der Waals surface area contributed by atoms with Gasteiger partial charge in [0.25, 0.3) is 5.91 Å². The van der Waals surface area contributed by atoms with E-state index in [0.29, 0.717) is 42.1 Å². The highest BCUT2D eigenvalue weighted by Gasteiger charge is 2.30. The van der Waals surface area contributed by atoms with Crippen LogP contribution in [0.3, 0.4) is 0 Å². The van der Waals surface area contributed by atoms with Crippen LogP contribution < -0.4 is 10.2 Å². The molecule has 31 heavy (non-hydrogen) atoms. The summed E-state index contributed by atoms with van der Waals surface area (Å²) >= 11 is 0. The second-order valence-corrected chi connectivity index (χ2v) is 8.63. The van der Waals surface area contributed by atoms with E-state index in [1.165, 1.54) is 16.8 Å². The molecule has 0 bridgehead atoms. The number of aliphatic hydroxyl groups is 1. The van der Waals surface area contributed by atoms with Crippen molar-refractivity contribution >= 4 is 17.4 Å². The number of hydrogen-bond donors (Lipinski definition) is 2. The number of rotatable bonds is 6. The number of hydrogen-bond acceptors (Lipinski definition) is 5. The third-order valence-electron chi connectivity index (χ3n) is 5.62. The molecule has 3 aromatic rings. The van der Waals surface area contributed by atoms with Gasteiger partial charge in [0.1, 0.15) is 23.0 Å². The molecule has 4 rings (SSSR count). The molecule has 0 spiro atoms. The molecule has 1 aromatic carbocycles. The highest BCUT2D eigenvalue weighted by atomic mass is 19.1. The van der Waals surface area contributed by atoms with E-state index in [-0.39, 0.29) is 18.6 Å². The third kappa shape index (κ3) is 4.23. The number of nitrogens with one attached hydrogen (secondary N) is 1. The summed E-state index contributed by atoms with van der Waals surface area (Å²) in [4.78, 5) is 19.3. The minimum absolute atomic E-state index is 0.0581. The smallest absolute Gasteiger partial charge is 0.256 e. The van der Waals surface area contributed by atoms with Gasteiger partial charge in [-0.1, -0.05) is 13.8 Å². The second kappa shape index (κ2) is 8.22. The molecule has 9 heteroatoms. The largest absolute Gasteiger partial charge is 0.396 e. The van der Waals surface area contributed by atoms with Gasteiger partial charge in [-0.15, -0.1) is 0 Å². The Hall–Kier alpha value is -3.07. The lowest BCUT2D eigenvalue weighted by molar-refractivity contribution is 0.0912. The average Bonchev–Trinajstić information content (AvgIpc) is 3.40. The first kappa shape index (κ1) is 21.2. The predicted octanol–water partition coefficient (Wildman–Crippen LogP) is 3.10. The summed E-state index contributed by atoms with van der Waals surface area (Å²) in [5.74, 6) is -0.693. The molecule has 1 saturated heterocycles. The molecule has 0 saturated carbocycles. The predicted molar refractivity (Wildman–Crippen MR) is 112 cm³/mol. The maximum Gasteiger partial charge on any atom is 0.256 e. The summed E-state index contributed by atoms with van der Waals surface area (Å²) < 4.78 is 29.6. The minimum Gasteiger partial charge on any atom is -0.396 e. The Morgan fingerprint density at radius 2 is 2.13 bits per heavy atom. The van der Waals surface area contributed by atoms with Crippen LogP contribution in [0.15, 0.2) is 36.7 Å². The van der Waals surface area contributed by atoms with E-state index in [1.807, 2.05) is 18.7 Å². The molecule has 1 fully saturated rings. The fourth-order valence-electron chi connectivity index (χ4n) is 3.78. The number of nitrogens with zero attached hydrogens (tertiary/aromatic N) is 4. The first-order valence-corrected chi connectivity index (χ1v) is 10.2. The number of carbonyl (C=O) groups is 1. The molecule has 1 aliphatic rings. The van der Waals surface area contributed by atoms with Crippen molar-refractivity contribution in [3.63, 3.8) is 0 Å². The van der Waals surface area contributed by atoms with Gasteiger partial charge in [-0.3, -0.25) is 4.79 Å². The Morgan fingerprint density at radius 1 is 1.32 bits per heavy atom. The number of benzene rings is 1. The number of halogens is 2. The Bertz CT molecular complexity index is 1110. The lowest BCUT2D eigenvalue weighted by Crippen LogP contribution is -2.36. The fraction of sp³-hybridized carbons (Fsp3) is 0.409. The summed E-state index contributed by atoms with van der Waals surface area (Å²) in [6.45, 7) is 4.57. The highest BCUT2D eigenvalue weighted by Crippen LogP contribution is 2.36. The number of aliphatic hydroxyl groups excluding tert-OH is 1. The molecular formula is C22H25F2N5O2. The van der Waals surface area contributed by atoms with Crippen LogP contribution in [-0.4, -0.2) is 45.3 Å². The zero-order chi connectivity index (χ0) is 22.2. The van der Waals surface area contributed by atoms with E-state index >= 15 is 0 Å². The summed E-state index contributed by atoms with van der Waals surface area (Å²) in [7, 11) is 0. The maximum absolute atomic E-state index is 14.4. The monoisotopic (exact) mass is 429 g/mol. The van der Waals surface area contributed by atoms with E-state index in [1.54, 1.807) is 12.3 Å². The second-order valence-electron chi connectivity index (χ2n) is 8.63. The van der Waals surface area contributed by atoms with E-state index in [0.717, 1.165) is 18.6 Å². The summed E-state index contributed by atoms with van der Waals surface area (Å²) in [5.41, 5.74) is 0.539. The normalized spacial score (nSPS) is 16.8. The Morgan fingerprint density at radius 3 is 2.90 bits per heavy atom. The van der Waals surface area contributed by atoms with Crippen molar-refractivity contribution in [2.24, 2.45) is 5.41 Å². The standard InChI is InChI=1S/C22H25F2N5O2/c1-22(2,13-30)12-25-21(31)16-11-26-29-9-7-19(27-20(16)29)28-8-3-4-18(28)15-10-14(23)5-6-17(15)24/h5-7,9-11,18,30H,3-4,8,12-13H2,1-2H3,(H,25,31)/t18-/m1/s1. The van der Waals surface area contributed by atoms with Crippen molar-refractivity contribution in [2.45, 2.75) is 32.7 Å². The molecule has 164 valence electrons. The van der Waals surface area contributed by atoms with E-state index in [4.69, 9.17) is 0 Å². The molecule has 0 radical (unpaired) electrons. The Balaban J connectivity index is 1.64. The summed E-state index contributed by atoms with van der Waals surface area (Å²) in [6, 6.07) is 4.91. The average molecular weight is 429 g/mol. The first-order chi connectivity index (χ1) is 14.8. The molecule has 1 amide bonds. The zero-order valence-corrected chi connectivity index (χ0v) is 17.5. The number of anilines is 1. The van der Waals surface area contributed by atoms with Gasteiger partial charge in [0.15, 0.2) is 5.65 Å². The first-order valence-electron chi connectivity index (χ1n) is 10.2. The van der Waals surface area contributed by atoms with Crippen molar-refractivity contribution in [1.29, 1.82) is 0 Å². The molecule has 2 aromatic heterocycles. The lowest BCUT2D eigenvalue weighted by Gasteiger charge is -2.26. The van der Waals surface area contributed by atoms with Gasteiger partial charge < -0.3 is 15.3 Å². The Kier molecular flexibility index (Phi) is 5.62. The van der Waals surface area contributed by atoms with Crippen molar-refractivity contribution in [3.05, 3.63) is 59.4 Å². The van der Waals surface area contributed by atoms with Crippen molar-refractivity contribution in [3.8, 4) is 0 Å². The molecule has 7 nitrogen and oxygen atoms in total. The van der Waals surface area contributed by atoms with Crippen molar-refractivity contribution in [1.82, 2.24) is 19.9 Å². The van der Waals surface area contributed by atoms with Crippen LogP contribution in [0.2, 0.25) is 0 Å². The van der Waals surface area contributed by atoms with Crippen molar-refractivity contribution in [2.75, 3.05) is 24.6 Å². The molecule has 0 aliphatic carbocycles. The molecular weight excluding hydrogens is 404 g/mol. The highest BCUT2D eigenvalue weighted by molar-refractivity contribution is 5.99. The number of fused-ring (bicyclic) bond motifs is 1. The number of carbonyl (C=O) groups excluding carboxylic acids is 1. The van der Waals surface area contributed by atoms with Crippen LogP contribution in [0.5, 0.6) is 0 Å². The SMILES string of the molecule is CC(C)(CO)CNC(=O)c1cnn2ccc(N3CCC[C@@H]3c3cc(F)ccc3F)nc12. The van der Waals surface area contributed by atoms with Gasteiger partial charge in [-0.05, 0) is 37.1 Å². The fourth-order valence-corrected chi connectivity index (χ4v) is 3.78. The Labute approximate surface area is 178 Å². The topological polar surface area (TPSA) is 82.8 Å². The summed E-state index contributed by atoms with van der Waals surface area (Å²) in [6.07, 6.45) is 4.64. The van der Waals surface area contributed by atoms with Gasteiger partial charge >= 0.3 is 0 Å². The van der Waals surface area contributed by atoms with Gasteiger partial charge in [0, 0.05) is 36.9 Å². The van der Waals surface area contributed by atoms with Crippen LogP contribution in [0, 0.1) is 17.0 Å². The number of amides is 1. The van der Waals surface area contributed by atoms with Crippen LogP contribution in [0.25, 0.3) is 5.65 Å². The van der Waals surface area contributed by atoms with E-state index in [2.05, 4.69) is 15.4 Å². The lowest BCUT2D eigenvalue weighted by atomic mass is 9.95. The maximum atomic E-state index is 14.4. The molecule has 1 aliphatic heterocycles. The number of aromatic nitrogens is 3. The van der Waals surface area contributed by atoms with Gasteiger partial charge in [0.2, 0.25) is 0 Å². The molecule has 0 unspecified atom stereocenters. The molecule has 3 heterocycles. The van der Waals surface area contributed by atoms with Crippen LogP contribution in [-0.2, 0) is 0 Å². The van der Waals surface area contributed by atoms with Crippen molar-refractivity contribution < 1.29 is 18.7 Å². The molecule has 1 atom stereocenters. The van der Waals surface area contributed by atoms with Crippen LogP contribution in [0.4, 0.5) is 14.6 Å². The minimum atomic E-state index is -0.479. The van der Waals surface area contributed by atoms with Crippen LogP contribution >= 0.6 is 0 Å². The van der Waals surface area contributed by atoms with E-state index in [9.17, 15) is 18.7 Å². The summed E-state index contributed by atoms with van der Waals surface area (Å²) in [5, 5.41) is 16.4. The van der Waals surface area contributed by atoms with Gasteiger partial charge in [-0.25, -0.2) is 18.3 Å². The third-order valence-corrected chi connectivity index (χ3v) is 5.62.